The van der Waals surface area contributed by atoms with Crippen LogP contribution >= 0.6 is 0 Å². The summed E-state index contributed by atoms with van der Waals surface area (Å²) in [5.74, 6) is 0.174. The number of carboxylic acids is 1. The number of carbonyl (C=O) groups is 1. The van der Waals surface area contributed by atoms with Crippen molar-refractivity contribution < 1.29 is 15.0 Å². The summed E-state index contributed by atoms with van der Waals surface area (Å²) < 4.78 is 0. The highest BCUT2D eigenvalue weighted by molar-refractivity contribution is 5.66. The van der Waals surface area contributed by atoms with E-state index in [9.17, 15) is 9.90 Å². The largest absolute Gasteiger partial charge is 0.508 e. The molecule has 4 heteroatoms. The fraction of sp³-hybridized carbons (Fsp3) is 0.533. The standard InChI is InChI=1S/C15H21NO3/c17-14-3-1-2-13(10-14)11-16-8-6-12(7-9-16)4-5-15(18)19/h1-3,10,12,17H,4-9,11H2,(H,18,19). The van der Waals surface area contributed by atoms with Crippen molar-refractivity contribution in [2.75, 3.05) is 13.1 Å². The molecule has 0 radical (unpaired) electrons. The number of piperidine rings is 1. The second-order valence-corrected chi connectivity index (χ2v) is 5.32. The van der Waals surface area contributed by atoms with Crippen LogP contribution in [0.4, 0.5) is 0 Å². The van der Waals surface area contributed by atoms with Crippen LogP contribution in [0.2, 0.25) is 0 Å². The van der Waals surface area contributed by atoms with Gasteiger partial charge < -0.3 is 10.2 Å². The van der Waals surface area contributed by atoms with Crippen LogP contribution in [0.5, 0.6) is 5.75 Å². The molecular weight excluding hydrogens is 242 g/mol. The van der Waals surface area contributed by atoms with E-state index >= 15 is 0 Å². The summed E-state index contributed by atoms with van der Waals surface area (Å²) in [7, 11) is 0. The average Bonchev–Trinajstić information content (AvgIpc) is 2.38. The van der Waals surface area contributed by atoms with Crippen LogP contribution in [0.3, 0.4) is 0 Å². The van der Waals surface area contributed by atoms with Gasteiger partial charge in [0.25, 0.3) is 0 Å². The number of phenolic OH excluding ortho intramolecular Hbond substituents is 1. The predicted octanol–water partition coefficient (Wildman–Crippen LogP) is 2.47. The van der Waals surface area contributed by atoms with E-state index in [2.05, 4.69) is 4.90 Å². The molecule has 4 nitrogen and oxygen atoms in total. The topological polar surface area (TPSA) is 60.8 Å². The molecule has 0 aliphatic carbocycles. The maximum Gasteiger partial charge on any atom is 0.303 e. The summed E-state index contributed by atoms with van der Waals surface area (Å²) in [6.07, 6.45) is 3.24. The first-order chi connectivity index (χ1) is 9.13. The van der Waals surface area contributed by atoms with Gasteiger partial charge in [-0.05, 0) is 56.0 Å². The van der Waals surface area contributed by atoms with Crippen LogP contribution < -0.4 is 0 Å². The number of rotatable bonds is 5. The monoisotopic (exact) mass is 263 g/mol. The Balaban J connectivity index is 1.75. The third kappa shape index (κ3) is 4.56. The number of hydrogen-bond donors (Lipinski definition) is 2. The Morgan fingerprint density at radius 1 is 1.32 bits per heavy atom. The van der Waals surface area contributed by atoms with Crippen LogP contribution in [0.25, 0.3) is 0 Å². The van der Waals surface area contributed by atoms with Crippen LogP contribution in [0.1, 0.15) is 31.2 Å². The van der Waals surface area contributed by atoms with Gasteiger partial charge in [-0.25, -0.2) is 0 Å². The fourth-order valence-electron chi connectivity index (χ4n) is 2.67. The number of benzene rings is 1. The number of nitrogens with zero attached hydrogens (tertiary/aromatic N) is 1. The van der Waals surface area contributed by atoms with E-state index in [-0.39, 0.29) is 6.42 Å². The maximum absolute atomic E-state index is 10.5. The maximum atomic E-state index is 10.5. The molecule has 104 valence electrons. The molecular formula is C15H21NO3. The predicted molar refractivity (Wildman–Crippen MR) is 73.0 cm³/mol. The van der Waals surface area contributed by atoms with Crippen molar-refractivity contribution in [3.8, 4) is 5.75 Å². The van der Waals surface area contributed by atoms with Gasteiger partial charge in [-0.15, -0.1) is 0 Å². The van der Waals surface area contributed by atoms with E-state index in [4.69, 9.17) is 5.11 Å². The van der Waals surface area contributed by atoms with Crippen molar-refractivity contribution in [1.29, 1.82) is 0 Å². The summed E-state index contributed by atoms with van der Waals surface area (Å²) in [5, 5.41) is 18.1. The molecule has 1 fully saturated rings. The van der Waals surface area contributed by atoms with E-state index in [1.807, 2.05) is 12.1 Å². The molecule has 1 aliphatic heterocycles. The Morgan fingerprint density at radius 3 is 2.68 bits per heavy atom. The first-order valence-electron chi connectivity index (χ1n) is 6.85. The molecule has 1 aromatic rings. The Labute approximate surface area is 113 Å². The van der Waals surface area contributed by atoms with Crippen molar-refractivity contribution in [1.82, 2.24) is 4.90 Å². The van der Waals surface area contributed by atoms with Gasteiger partial charge in [0.1, 0.15) is 5.75 Å². The van der Waals surface area contributed by atoms with E-state index < -0.39 is 5.97 Å². The molecule has 0 bridgehead atoms. The second-order valence-electron chi connectivity index (χ2n) is 5.32. The van der Waals surface area contributed by atoms with Crippen LogP contribution in [-0.4, -0.2) is 34.2 Å². The molecule has 2 rings (SSSR count). The van der Waals surface area contributed by atoms with E-state index in [0.29, 0.717) is 11.7 Å². The summed E-state index contributed by atoms with van der Waals surface area (Å²) >= 11 is 0. The van der Waals surface area contributed by atoms with Gasteiger partial charge in [-0.1, -0.05) is 12.1 Å². The van der Waals surface area contributed by atoms with Crippen molar-refractivity contribution in [3.63, 3.8) is 0 Å². The second kappa shape index (κ2) is 6.57. The molecule has 1 aliphatic rings. The third-order valence-corrected chi connectivity index (χ3v) is 3.79. The third-order valence-electron chi connectivity index (χ3n) is 3.79. The lowest BCUT2D eigenvalue weighted by molar-refractivity contribution is -0.137. The van der Waals surface area contributed by atoms with Crippen molar-refractivity contribution in [3.05, 3.63) is 29.8 Å². The van der Waals surface area contributed by atoms with E-state index in [0.717, 1.165) is 44.5 Å². The average molecular weight is 263 g/mol. The first-order valence-corrected chi connectivity index (χ1v) is 6.85. The highest BCUT2D eigenvalue weighted by atomic mass is 16.4. The lowest BCUT2D eigenvalue weighted by atomic mass is 9.92. The molecule has 0 spiro atoms. The number of aliphatic carboxylic acids is 1. The Kier molecular flexibility index (Phi) is 4.80. The minimum atomic E-state index is -0.692. The summed E-state index contributed by atoms with van der Waals surface area (Å²) in [5.41, 5.74) is 1.13. The van der Waals surface area contributed by atoms with Gasteiger partial charge in [0.2, 0.25) is 0 Å². The highest BCUT2D eigenvalue weighted by Crippen LogP contribution is 2.23. The number of hydrogen-bond acceptors (Lipinski definition) is 3. The van der Waals surface area contributed by atoms with Gasteiger partial charge in [0, 0.05) is 13.0 Å². The van der Waals surface area contributed by atoms with Crippen molar-refractivity contribution in [2.24, 2.45) is 5.92 Å². The van der Waals surface area contributed by atoms with Crippen molar-refractivity contribution >= 4 is 5.97 Å². The zero-order chi connectivity index (χ0) is 13.7. The number of carboxylic acid groups (broad SMARTS) is 1. The summed E-state index contributed by atoms with van der Waals surface area (Å²) in [6, 6.07) is 7.37. The number of aromatic hydroxyl groups is 1. The number of likely N-dealkylation sites (tertiary alicyclic amines) is 1. The minimum absolute atomic E-state index is 0.289. The molecule has 0 amide bonds. The van der Waals surface area contributed by atoms with E-state index in [1.165, 1.54) is 0 Å². The summed E-state index contributed by atoms with van der Waals surface area (Å²) in [6.45, 7) is 2.89. The molecule has 0 atom stereocenters. The normalized spacial score (nSPS) is 17.5. The molecule has 0 saturated carbocycles. The first kappa shape index (κ1) is 13.9. The minimum Gasteiger partial charge on any atom is -0.508 e. The zero-order valence-electron chi connectivity index (χ0n) is 11.1. The SMILES string of the molecule is O=C(O)CCC1CCN(Cc2cccc(O)c2)CC1. The molecule has 0 unspecified atom stereocenters. The fourth-order valence-corrected chi connectivity index (χ4v) is 2.67. The van der Waals surface area contributed by atoms with Gasteiger partial charge >= 0.3 is 5.97 Å². The molecule has 1 saturated heterocycles. The lowest BCUT2D eigenvalue weighted by Gasteiger charge is -2.31. The van der Waals surface area contributed by atoms with Crippen LogP contribution in [0.15, 0.2) is 24.3 Å². The molecule has 0 aromatic heterocycles. The van der Waals surface area contributed by atoms with Crippen LogP contribution in [0, 0.1) is 5.92 Å². The van der Waals surface area contributed by atoms with Crippen LogP contribution in [-0.2, 0) is 11.3 Å². The van der Waals surface area contributed by atoms with Gasteiger partial charge in [0.05, 0.1) is 0 Å². The Bertz CT molecular complexity index is 425. The number of phenols is 1. The smallest absolute Gasteiger partial charge is 0.303 e. The van der Waals surface area contributed by atoms with Crippen molar-refractivity contribution in [2.45, 2.75) is 32.2 Å². The molecule has 1 aromatic carbocycles. The highest BCUT2D eigenvalue weighted by Gasteiger charge is 2.19. The lowest BCUT2D eigenvalue weighted by Crippen LogP contribution is -2.33. The quantitative estimate of drug-likeness (QED) is 0.856. The van der Waals surface area contributed by atoms with Gasteiger partial charge in [-0.2, -0.15) is 0 Å². The Hall–Kier alpha value is -1.55. The van der Waals surface area contributed by atoms with Gasteiger partial charge in [-0.3, -0.25) is 9.69 Å². The zero-order valence-corrected chi connectivity index (χ0v) is 11.1. The molecule has 2 N–H and O–H groups in total. The summed E-state index contributed by atoms with van der Waals surface area (Å²) in [4.78, 5) is 12.9. The van der Waals surface area contributed by atoms with E-state index in [1.54, 1.807) is 12.1 Å². The Morgan fingerprint density at radius 2 is 2.05 bits per heavy atom. The molecule has 1 heterocycles. The molecule has 19 heavy (non-hydrogen) atoms. The van der Waals surface area contributed by atoms with Gasteiger partial charge in [0.15, 0.2) is 0 Å².